The van der Waals surface area contributed by atoms with Crippen molar-refractivity contribution >= 4 is 11.6 Å². The van der Waals surface area contributed by atoms with Crippen LogP contribution in [0, 0.1) is 19.7 Å². The van der Waals surface area contributed by atoms with Gasteiger partial charge in [0.05, 0.1) is 5.02 Å². The molecule has 0 saturated carbocycles. The summed E-state index contributed by atoms with van der Waals surface area (Å²) in [5.41, 5.74) is 5.36. The molecule has 0 radical (unpaired) electrons. The van der Waals surface area contributed by atoms with E-state index in [9.17, 15) is 9.18 Å². The summed E-state index contributed by atoms with van der Waals surface area (Å²) in [7, 11) is 1.71. The first kappa shape index (κ1) is 16.5. The lowest BCUT2D eigenvalue weighted by Crippen LogP contribution is -2.15. The number of hydrogen-bond acceptors (Lipinski definition) is 1. The van der Waals surface area contributed by atoms with Crippen LogP contribution in [0.25, 0.3) is 22.3 Å². The Morgan fingerprint density at radius 3 is 2.21 bits per heavy atom. The van der Waals surface area contributed by atoms with E-state index in [1.54, 1.807) is 25.4 Å². The summed E-state index contributed by atoms with van der Waals surface area (Å²) in [4.78, 5) is 12.2. The van der Waals surface area contributed by atoms with Gasteiger partial charge in [0.1, 0.15) is 5.82 Å². The molecule has 0 aliphatic heterocycles. The maximum atomic E-state index is 13.4. The van der Waals surface area contributed by atoms with Gasteiger partial charge in [0, 0.05) is 30.4 Å². The third-order valence-corrected chi connectivity index (χ3v) is 4.30. The van der Waals surface area contributed by atoms with E-state index < -0.39 is 5.82 Å². The molecule has 0 aliphatic rings. The Morgan fingerprint density at radius 2 is 1.58 bits per heavy atom. The van der Waals surface area contributed by atoms with E-state index in [1.165, 1.54) is 16.7 Å². The smallest absolute Gasteiger partial charge is 0.250 e. The van der Waals surface area contributed by atoms with Crippen molar-refractivity contribution in [3.05, 3.63) is 81.0 Å². The average molecular weight is 342 g/mol. The van der Waals surface area contributed by atoms with Gasteiger partial charge in [-0.3, -0.25) is 4.79 Å². The van der Waals surface area contributed by atoms with Crippen LogP contribution in [0.1, 0.15) is 11.1 Å². The topological polar surface area (TPSA) is 22.0 Å². The number of rotatable bonds is 2. The highest BCUT2D eigenvalue weighted by Crippen LogP contribution is 2.36. The standard InChI is InChI=1S/C20H17ClFNO/c1-12-6-13(2)8-14(7-12)18-11-23(3)20(24)10-17(18)16-5-4-15(22)9-19(16)21/h4-11H,1-3H3. The molecule has 0 spiro atoms. The molecule has 0 N–H and O–H groups in total. The Bertz CT molecular complexity index is 971. The van der Waals surface area contributed by atoms with E-state index in [-0.39, 0.29) is 10.6 Å². The van der Waals surface area contributed by atoms with Crippen molar-refractivity contribution in [2.75, 3.05) is 0 Å². The van der Waals surface area contributed by atoms with Crippen molar-refractivity contribution in [1.29, 1.82) is 0 Å². The third-order valence-electron chi connectivity index (χ3n) is 3.98. The molecule has 0 fully saturated rings. The molecule has 1 aromatic heterocycles. The third kappa shape index (κ3) is 3.13. The van der Waals surface area contributed by atoms with Crippen LogP contribution in [0.2, 0.25) is 5.02 Å². The Balaban J connectivity index is 2.33. The van der Waals surface area contributed by atoms with Crippen LogP contribution in [0.3, 0.4) is 0 Å². The summed E-state index contributed by atoms with van der Waals surface area (Å²) >= 11 is 6.23. The molecule has 3 rings (SSSR count). The second kappa shape index (κ2) is 6.25. The van der Waals surface area contributed by atoms with Crippen LogP contribution in [0.5, 0.6) is 0 Å². The molecule has 0 amide bonds. The van der Waals surface area contributed by atoms with Crippen molar-refractivity contribution in [2.45, 2.75) is 13.8 Å². The fourth-order valence-corrected chi connectivity index (χ4v) is 3.19. The first-order valence-electron chi connectivity index (χ1n) is 7.60. The number of benzene rings is 2. The molecule has 0 saturated heterocycles. The summed E-state index contributed by atoms with van der Waals surface area (Å²) in [6, 6.07) is 12.0. The highest BCUT2D eigenvalue weighted by atomic mass is 35.5. The summed E-state index contributed by atoms with van der Waals surface area (Å²) in [6.45, 7) is 4.06. The van der Waals surface area contributed by atoms with E-state index in [0.29, 0.717) is 11.1 Å². The monoisotopic (exact) mass is 341 g/mol. The maximum absolute atomic E-state index is 13.4. The first-order valence-corrected chi connectivity index (χ1v) is 7.98. The summed E-state index contributed by atoms with van der Waals surface area (Å²) in [5.74, 6) is -0.402. The van der Waals surface area contributed by atoms with Gasteiger partial charge in [-0.15, -0.1) is 0 Å². The van der Waals surface area contributed by atoms with Crippen molar-refractivity contribution in [3.63, 3.8) is 0 Å². The molecule has 2 nitrogen and oxygen atoms in total. The fourth-order valence-electron chi connectivity index (χ4n) is 2.92. The minimum absolute atomic E-state index is 0.140. The highest BCUT2D eigenvalue weighted by Gasteiger charge is 2.14. The molecule has 0 aliphatic carbocycles. The van der Waals surface area contributed by atoms with E-state index >= 15 is 0 Å². The molecule has 0 unspecified atom stereocenters. The molecule has 0 bridgehead atoms. The number of hydrogen-bond donors (Lipinski definition) is 0. The van der Waals surface area contributed by atoms with Crippen molar-refractivity contribution in [1.82, 2.24) is 4.57 Å². The quantitative estimate of drug-likeness (QED) is 0.633. The van der Waals surface area contributed by atoms with Crippen LogP contribution in [0.4, 0.5) is 4.39 Å². The maximum Gasteiger partial charge on any atom is 0.250 e. The normalized spacial score (nSPS) is 10.9. The molecule has 122 valence electrons. The second-order valence-corrected chi connectivity index (χ2v) is 6.46. The number of aromatic nitrogens is 1. The number of nitrogens with zero attached hydrogens (tertiary/aromatic N) is 1. The minimum Gasteiger partial charge on any atom is -0.318 e. The van der Waals surface area contributed by atoms with Crippen molar-refractivity contribution in [3.8, 4) is 22.3 Å². The highest BCUT2D eigenvalue weighted by molar-refractivity contribution is 6.33. The Hall–Kier alpha value is -2.39. The zero-order chi connectivity index (χ0) is 17.4. The zero-order valence-corrected chi connectivity index (χ0v) is 14.5. The lowest BCUT2D eigenvalue weighted by molar-refractivity contribution is 0.628. The predicted octanol–water partition coefficient (Wildman–Crippen LogP) is 5.13. The van der Waals surface area contributed by atoms with Gasteiger partial charge < -0.3 is 4.57 Å². The van der Waals surface area contributed by atoms with Gasteiger partial charge in [-0.2, -0.15) is 0 Å². The predicted molar refractivity (Wildman–Crippen MR) is 97.0 cm³/mol. The summed E-state index contributed by atoms with van der Waals surface area (Å²) < 4.78 is 14.9. The molecule has 3 aromatic rings. The molecule has 0 atom stereocenters. The van der Waals surface area contributed by atoms with Crippen LogP contribution < -0.4 is 5.56 Å². The SMILES string of the molecule is Cc1cc(C)cc(-c2cn(C)c(=O)cc2-c2ccc(F)cc2Cl)c1. The van der Waals surface area contributed by atoms with Gasteiger partial charge in [-0.1, -0.05) is 40.9 Å². The number of aryl methyl sites for hydroxylation is 3. The van der Waals surface area contributed by atoms with Gasteiger partial charge in [0.15, 0.2) is 0 Å². The number of pyridine rings is 1. The van der Waals surface area contributed by atoms with E-state index in [2.05, 4.69) is 18.2 Å². The van der Waals surface area contributed by atoms with Gasteiger partial charge in [0.2, 0.25) is 0 Å². The van der Waals surface area contributed by atoms with Gasteiger partial charge in [-0.25, -0.2) is 4.39 Å². The Kier molecular flexibility index (Phi) is 4.29. The summed E-state index contributed by atoms with van der Waals surface area (Å²) in [5, 5.41) is 0.286. The van der Waals surface area contributed by atoms with Gasteiger partial charge >= 0.3 is 0 Å². The van der Waals surface area contributed by atoms with Crippen LogP contribution in [0.15, 0.2) is 53.5 Å². The van der Waals surface area contributed by atoms with Gasteiger partial charge in [-0.05, 0) is 43.2 Å². The lowest BCUT2D eigenvalue weighted by Gasteiger charge is -2.14. The summed E-state index contributed by atoms with van der Waals surface area (Å²) in [6.07, 6.45) is 1.80. The molecule has 24 heavy (non-hydrogen) atoms. The molecular formula is C20H17ClFNO. The molecule has 4 heteroatoms. The average Bonchev–Trinajstić information content (AvgIpc) is 2.49. The molecule has 2 aromatic carbocycles. The number of halogens is 2. The second-order valence-electron chi connectivity index (χ2n) is 6.05. The fraction of sp³-hybridized carbons (Fsp3) is 0.150. The van der Waals surface area contributed by atoms with E-state index in [0.717, 1.165) is 22.3 Å². The first-order chi connectivity index (χ1) is 11.3. The van der Waals surface area contributed by atoms with Crippen LogP contribution in [-0.2, 0) is 7.05 Å². The zero-order valence-electron chi connectivity index (χ0n) is 13.7. The minimum atomic E-state index is -0.402. The van der Waals surface area contributed by atoms with Crippen LogP contribution in [-0.4, -0.2) is 4.57 Å². The Labute approximate surface area is 145 Å². The molecule has 1 heterocycles. The molecular weight excluding hydrogens is 325 g/mol. The lowest BCUT2D eigenvalue weighted by atomic mass is 9.94. The van der Waals surface area contributed by atoms with E-state index in [1.807, 2.05) is 13.8 Å². The Morgan fingerprint density at radius 1 is 0.917 bits per heavy atom. The largest absolute Gasteiger partial charge is 0.318 e. The van der Waals surface area contributed by atoms with Gasteiger partial charge in [0.25, 0.3) is 5.56 Å². The van der Waals surface area contributed by atoms with Crippen LogP contribution >= 0.6 is 11.6 Å². The van der Waals surface area contributed by atoms with E-state index in [4.69, 9.17) is 11.6 Å². The van der Waals surface area contributed by atoms with Crippen molar-refractivity contribution in [2.24, 2.45) is 7.05 Å². The van der Waals surface area contributed by atoms with Crippen molar-refractivity contribution < 1.29 is 4.39 Å².